The van der Waals surface area contributed by atoms with Crippen LogP contribution in [0.15, 0.2) is 63.7 Å². The third-order valence-corrected chi connectivity index (χ3v) is 4.57. The van der Waals surface area contributed by atoms with Crippen LogP contribution in [-0.2, 0) is 0 Å². The van der Waals surface area contributed by atoms with Gasteiger partial charge in [0, 0.05) is 12.7 Å². The van der Waals surface area contributed by atoms with Crippen molar-refractivity contribution >= 4 is 5.82 Å². The van der Waals surface area contributed by atoms with Crippen LogP contribution in [0.3, 0.4) is 0 Å². The fourth-order valence-corrected chi connectivity index (χ4v) is 2.79. The van der Waals surface area contributed by atoms with Gasteiger partial charge >= 0.3 is 5.69 Å². The van der Waals surface area contributed by atoms with Crippen LogP contribution in [0.2, 0.25) is 0 Å². The second-order valence-electron chi connectivity index (χ2n) is 7.72. The quantitative estimate of drug-likeness (QED) is 0.415. The molecule has 1 aromatic rings. The first-order valence-electron chi connectivity index (χ1n) is 10.3. The normalized spacial score (nSPS) is 12.8. The first-order valence-corrected chi connectivity index (χ1v) is 10.3. The summed E-state index contributed by atoms with van der Waals surface area (Å²) >= 11 is 0. The highest BCUT2D eigenvalue weighted by molar-refractivity contribution is 5.32. The second-order valence-corrected chi connectivity index (χ2v) is 7.72. The summed E-state index contributed by atoms with van der Waals surface area (Å²) in [7, 11) is 0. The monoisotopic (exact) mass is 383 g/mol. The van der Waals surface area contributed by atoms with E-state index in [0.717, 1.165) is 32.1 Å². The number of anilines is 1. The third kappa shape index (κ3) is 12.1. The van der Waals surface area contributed by atoms with E-state index in [1.807, 2.05) is 0 Å². The lowest BCUT2D eigenvalue weighted by atomic mass is 10.0. The fourth-order valence-electron chi connectivity index (χ4n) is 2.79. The topological polar surface area (TPSA) is 57.8 Å². The Morgan fingerprint density at radius 3 is 1.96 bits per heavy atom. The predicted molar refractivity (Wildman–Crippen MR) is 122 cm³/mol. The second kappa shape index (κ2) is 13.8. The largest absolute Gasteiger partial charge is 0.368 e. The van der Waals surface area contributed by atoms with Crippen LogP contribution < -0.4 is 11.0 Å². The van der Waals surface area contributed by atoms with E-state index >= 15 is 0 Å². The minimum absolute atomic E-state index is 0.329. The highest BCUT2D eigenvalue weighted by atomic mass is 16.1. The van der Waals surface area contributed by atoms with Crippen molar-refractivity contribution in [1.82, 2.24) is 9.97 Å². The number of hydrogen-bond acceptors (Lipinski definition) is 3. The van der Waals surface area contributed by atoms with Crippen molar-refractivity contribution in [2.75, 3.05) is 11.9 Å². The molecule has 0 bridgehead atoms. The van der Waals surface area contributed by atoms with Crippen molar-refractivity contribution in [3.63, 3.8) is 0 Å². The van der Waals surface area contributed by atoms with Gasteiger partial charge < -0.3 is 5.32 Å². The molecule has 0 fully saturated rings. The van der Waals surface area contributed by atoms with Crippen molar-refractivity contribution in [2.24, 2.45) is 0 Å². The van der Waals surface area contributed by atoms with E-state index in [1.165, 1.54) is 34.9 Å². The van der Waals surface area contributed by atoms with Crippen LogP contribution >= 0.6 is 0 Å². The van der Waals surface area contributed by atoms with E-state index in [1.54, 1.807) is 6.07 Å². The van der Waals surface area contributed by atoms with Gasteiger partial charge in [0.15, 0.2) is 0 Å². The highest BCUT2D eigenvalue weighted by Crippen LogP contribution is 2.13. The zero-order chi connectivity index (χ0) is 20.8. The summed E-state index contributed by atoms with van der Waals surface area (Å²) in [6.45, 7) is 11.6. The van der Waals surface area contributed by atoms with Gasteiger partial charge in [-0.25, -0.2) is 9.78 Å². The van der Waals surface area contributed by atoms with Crippen molar-refractivity contribution in [3.05, 3.63) is 69.3 Å². The van der Waals surface area contributed by atoms with Crippen LogP contribution in [-0.4, -0.2) is 16.5 Å². The van der Waals surface area contributed by atoms with Crippen molar-refractivity contribution in [1.29, 1.82) is 0 Å². The lowest BCUT2D eigenvalue weighted by molar-refractivity contribution is 0.899. The van der Waals surface area contributed by atoms with Crippen molar-refractivity contribution in [3.8, 4) is 0 Å². The molecule has 0 spiro atoms. The third-order valence-electron chi connectivity index (χ3n) is 4.57. The van der Waals surface area contributed by atoms with Gasteiger partial charge in [-0.1, -0.05) is 46.6 Å². The lowest BCUT2D eigenvalue weighted by Crippen LogP contribution is -2.12. The number of rotatable bonds is 12. The molecule has 4 heteroatoms. The predicted octanol–water partition coefficient (Wildman–Crippen LogP) is 6.33. The number of allylic oxidation sites excluding steroid dienone is 7. The molecule has 154 valence electrons. The molecule has 4 nitrogen and oxygen atoms in total. The molecule has 1 rings (SSSR count). The van der Waals surface area contributed by atoms with Crippen molar-refractivity contribution in [2.45, 2.75) is 73.1 Å². The van der Waals surface area contributed by atoms with Crippen LogP contribution in [0.1, 0.15) is 73.1 Å². The van der Waals surface area contributed by atoms with Gasteiger partial charge in [-0.2, -0.15) is 0 Å². The van der Waals surface area contributed by atoms with E-state index in [9.17, 15) is 4.79 Å². The summed E-state index contributed by atoms with van der Waals surface area (Å²) in [5.41, 5.74) is 5.38. The zero-order valence-electron chi connectivity index (χ0n) is 18.3. The molecule has 0 radical (unpaired) electrons. The molecule has 0 saturated carbocycles. The van der Waals surface area contributed by atoms with E-state index in [0.29, 0.717) is 12.4 Å². The smallest absolute Gasteiger partial charge is 0.346 e. The minimum atomic E-state index is -0.329. The number of aromatic nitrogens is 2. The van der Waals surface area contributed by atoms with E-state index in [-0.39, 0.29) is 5.69 Å². The number of nitrogens with zero attached hydrogens (tertiary/aromatic N) is 1. The molecule has 0 saturated heterocycles. The van der Waals surface area contributed by atoms with Gasteiger partial charge in [0.25, 0.3) is 0 Å². The highest BCUT2D eigenvalue weighted by Gasteiger charge is 1.95. The van der Waals surface area contributed by atoms with Gasteiger partial charge in [0.1, 0.15) is 5.82 Å². The van der Waals surface area contributed by atoms with Crippen LogP contribution in [0.25, 0.3) is 0 Å². The molecule has 0 aliphatic rings. The Bertz CT molecular complexity index is 762. The lowest BCUT2D eigenvalue weighted by Gasteiger charge is -2.04. The van der Waals surface area contributed by atoms with Crippen LogP contribution in [0.4, 0.5) is 5.82 Å². The Labute approximate surface area is 170 Å². The molecular weight excluding hydrogens is 346 g/mol. The van der Waals surface area contributed by atoms with Gasteiger partial charge in [-0.3, -0.25) is 4.98 Å². The Kier molecular flexibility index (Phi) is 11.6. The van der Waals surface area contributed by atoms with Crippen molar-refractivity contribution < 1.29 is 0 Å². The molecule has 0 unspecified atom stereocenters. The molecule has 0 amide bonds. The Morgan fingerprint density at radius 2 is 1.43 bits per heavy atom. The maximum atomic E-state index is 11.1. The summed E-state index contributed by atoms with van der Waals surface area (Å²) in [5.74, 6) is 0.698. The first kappa shape index (κ1) is 23.7. The number of H-pyrrole nitrogens is 1. The summed E-state index contributed by atoms with van der Waals surface area (Å²) in [4.78, 5) is 17.4. The van der Waals surface area contributed by atoms with Gasteiger partial charge in [-0.15, -0.1) is 0 Å². The summed E-state index contributed by atoms with van der Waals surface area (Å²) in [5, 5.41) is 3.18. The van der Waals surface area contributed by atoms with Crippen LogP contribution in [0, 0.1) is 0 Å². The summed E-state index contributed by atoms with van der Waals surface area (Å²) in [6.07, 6.45) is 17.4. The molecule has 1 heterocycles. The summed E-state index contributed by atoms with van der Waals surface area (Å²) in [6, 6.07) is 1.76. The maximum Gasteiger partial charge on any atom is 0.346 e. The maximum absolute atomic E-state index is 11.1. The molecule has 28 heavy (non-hydrogen) atoms. The molecule has 1 aromatic heterocycles. The minimum Gasteiger partial charge on any atom is -0.368 e. The molecule has 0 aliphatic heterocycles. The number of hydrogen-bond donors (Lipinski definition) is 2. The van der Waals surface area contributed by atoms with E-state index in [4.69, 9.17) is 0 Å². The zero-order valence-corrected chi connectivity index (χ0v) is 18.3. The standard InChI is InChI=1S/C24H37N3O/c1-19(2)9-6-10-20(3)11-7-12-21(4)13-8-14-22(5)15-17-25-23-16-18-26-24(28)27-23/h9,11,13,15-16,18H,6-8,10,12,14,17H2,1-5H3,(H2,25,26,27,28)/b20-11+,21-13+,22-15+. The van der Waals surface area contributed by atoms with Gasteiger partial charge in [0.2, 0.25) is 0 Å². The first-order chi connectivity index (χ1) is 13.4. The molecular formula is C24H37N3O. The summed E-state index contributed by atoms with van der Waals surface area (Å²) < 4.78 is 0. The Hall–Kier alpha value is -2.36. The molecule has 0 aromatic carbocycles. The van der Waals surface area contributed by atoms with E-state index in [2.05, 4.69) is 74.2 Å². The Morgan fingerprint density at radius 1 is 0.893 bits per heavy atom. The molecule has 0 aliphatic carbocycles. The average Bonchev–Trinajstić information content (AvgIpc) is 2.61. The van der Waals surface area contributed by atoms with Crippen LogP contribution in [0.5, 0.6) is 0 Å². The van der Waals surface area contributed by atoms with E-state index < -0.39 is 0 Å². The fraction of sp³-hybridized carbons (Fsp3) is 0.500. The molecule has 2 N–H and O–H groups in total. The number of nitrogens with one attached hydrogen (secondary N) is 2. The van der Waals surface area contributed by atoms with Gasteiger partial charge in [0.05, 0.1) is 0 Å². The average molecular weight is 384 g/mol. The Balaban J connectivity index is 2.25. The SMILES string of the molecule is CC(C)=CCC/C(C)=C/CC/C(C)=C/CC/C(C)=C/CNc1ccnc(=O)[nH]1. The number of aromatic amines is 1. The molecule has 0 atom stereocenters. The van der Waals surface area contributed by atoms with Gasteiger partial charge in [-0.05, 0) is 79.2 Å².